The Bertz CT molecular complexity index is 1170. The number of carbonyl (C=O) groups is 1. The summed E-state index contributed by atoms with van der Waals surface area (Å²) in [4.78, 5) is 14.6. The summed E-state index contributed by atoms with van der Waals surface area (Å²) < 4.78 is 0. The molecule has 36 heavy (non-hydrogen) atoms. The lowest BCUT2D eigenvalue weighted by atomic mass is 10.1. The van der Waals surface area contributed by atoms with E-state index in [1.807, 2.05) is 18.7 Å². The summed E-state index contributed by atoms with van der Waals surface area (Å²) in [6.45, 7) is 9.59. The second-order valence-electron chi connectivity index (χ2n) is 9.18. The molecule has 0 aromatic heterocycles. The molecular weight excluding hydrogens is 459 g/mol. The molecule has 184 valence electrons. The lowest BCUT2D eigenvalue weighted by Crippen LogP contribution is -2.35. The SMILES string of the molecule is CCN(CC)C(=O)Nc1c(C)cc(C[P+](c2ccccc2)(c2ccccc2)c2ccccc2)cc1C. The van der Waals surface area contributed by atoms with Crippen LogP contribution in [0.25, 0.3) is 0 Å². The Labute approximate surface area is 216 Å². The van der Waals surface area contributed by atoms with Gasteiger partial charge in [-0.2, -0.15) is 0 Å². The number of rotatable bonds is 8. The zero-order valence-electron chi connectivity index (χ0n) is 21.7. The maximum absolute atomic E-state index is 12.8. The second-order valence-corrected chi connectivity index (χ2v) is 12.7. The van der Waals surface area contributed by atoms with E-state index in [-0.39, 0.29) is 6.03 Å². The lowest BCUT2D eigenvalue weighted by molar-refractivity contribution is 0.217. The summed E-state index contributed by atoms with van der Waals surface area (Å²) >= 11 is 0. The van der Waals surface area contributed by atoms with Crippen molar-refractivity contribution in [2.45, 2.75) is 33.9 Å². The number of benzene rings is 4. The van der Waals surface area contributed by atoms with Crippen molar-refractivity contribution in [2.24, 2.45) is 0 Å². The highest BCUT2D eigenvalue weighted by atomic mass is 31.2. The van der Waals surface area contributed by atoms with Gasteiger partial charge in [-0.25, -0.2) is 4.79 Å². The highest BCUT2D eigenvalue weighted by molar-refractivity contribution is 7.95. The van der Waals surface area contributed by atoms with Gasteiger partial charge >= 0.3 is 6.03 Å². The third-order valence-electron chi connectivity index (χ3n) is 6.89. The summed E-state index contributed by atoms with van der Waals surface area (Å²) in [5.41, 5.74) is 4.39. The van der Waals surface area contributed by atoms with Crippen molar-refractivity contribution in [3.8, 4) is 0 Å². The first-order valence-corrected chi connectivity index (χ1v) is 14.7. The Hall–Kier alpha value is -3.42. The molecule has 4 rings (SSSR count). The van der Waals surface area contributed by atoms with Crippen LogP contribution in [0.1, 0.15) is 30.5 Å². The number of nitrogens with one attached hydrogen (secondary N) is 1. The number of anilines is 1. The fourth-order valence-corrected chi connectivity index (χ4v) is 9.30. The molecule has 0 aliphatic heterocycles. The monoisotopic (exact) mass is 495 g/mol. The van der Waals surface area contributed by atoms with E-state index in [0.29, 0.717) is 13.1 Å². The van der Waals surface area contributed by atoms with Gasteiger partial charge in [0, 0.05) is 18.8 Å². The zero-order valence-corrected chi connectivity index (χ0v) is 22.6. The van der Waals surface area contributed by atoms with Crippen LogP contribution >= 0.6 is 7.26 Å². The molecule has 4 aromatic carbocycles. The van der Waals surface area contributed by atoms with Crippen molar-refractivity contribution in [2.75, 3.05) is 18.4 Å². The zero-order chi connectivity index (χ0) is 25.5. The molecule has 0 radical (unpaired) electrons. The Kier molecular flexibility index (Phi) is 8.23. The molecule has 0 spiro atoms. The van der Waals surface area contributed by atoms with Gasteiger partial charge in [-0.05, 0) is 80.8 Å². The summed E-state index contributed by atoms with van der Waals surface area (Å²) in [5.74, 6) is 0. The molecule has 0 aliphatic rings. The van der Waals surface area contributed by atoms with Crippen LogP contribution < -0.4 is 21.2 Å². The Morgan fingerprint density at radius 3 is 1.44 bits per heavy atom. The van der Waals surface area contributed by atoms with Crippen molar-refractivity contribution in [3.05, 3.63) is 120 Å². The lowest BCUT2D eigenvalue weighted by Gasteiger charge is -2.28. The normalized spacial score (nSPS) is 11.2. The number of nitrogens with zero attached hydrogens (tertiary/aromatic N) is 1. The smallest absolute Gasteiger partial charge is 0.321 e. The third-order valence-corrected chi connectivity index (χ3v) is 11.3. The van der Waals surface area contributed by atoms with Gasteiger partial charge in [0.25, 0.3) is 0 Å². The number of urea groups is 1. The number of amides is 2. The van der Waals surface area contributed by atoms with E-state index in [0.717, 1.165) is 23.0 Å². The van der Waals surface area contributed by atoms with E-state index < -0.39 is 7.26 Å². The first kappa shape index (κ1) is 25.7. The molecule has 3 nitrogen and oxygen atoms in total. The molecule has 0 bridgehead atoms. The fourth-order valence-electron chi connectivity index (χ4n) is 5.08. The number of hydrogen-bond acceptors (Lipinski definition) is 1. The largest absolute Gasteiger partial charge is 0.325 e. The molecule has 0 atom stereocenters. The second kappa shape index (κ2) is 11.5. The molecule has 0 heterocycles. The predicted octanol–water partition coefficient (Wildman–Crippen LogP) is 6.67. The van der Waals surface area contributed by atoms with Gasteiger partial charge < -0.3 is 10.2 Å². The molecule has 4 heteroatoms. The summed E-state index contributed by atoms with van der Waals surface area (Å²) in [7, 11) is -1.98. The van der Waals surface area contributed by atoms with Crippen LogP contribution in [0.2, 0.25) is 0 Å². The van der Waals surface area contributed by atoms with Gasteiger partial charge in [-0.1, -0.05) is 66.7 Å². The van der Waals surface area contributed by atoms with Crippen molar-refractivity contribution in [3.63, 3.8) is 0 Å². The maximum atomic E-state index is 12.8. The number of carbonyl (C=O) groups excluding carboxylic acids is 1. The fraction of sp³-hybridized carbons (Fsp3) is 0.219. The standard InChI is InChI=1S/C32H35N2OP/c1-5-34(6-2)32(35)33-31-25(3)22-27(23-26(31)4)24-36(28-16-10-7-11-17-28,29-18-12-8-13-19-29)30-20-14-9-15-21-30/h7-23H,5-6,24H2,1-4H3/p+1. The first-order valence-electron chi connectivity index (χ1n) is 12.7. The Morgan fingerprint density at radius 1 is 0.694 bits per heavy atom. The number of aryl methyl sites for hydroxylation is 2. The average molecular weight is 496 g/mol. The molecule has 0 unspecified atom stereocenters. The van der Waals surface area contributed by atoms with Gasteiger partial charge in [0.05, 0.1) is 6.16 Å². The van der Waals surface area contributed by atoms with Crippen LogP contribution in [-0.4, -0.2) is 24.0 Å². The summed E-state index contributed by atoms with van der Waals surface area (Å²) in [5, 5.41) is 7.28. The van der Waals surface area contributed by atoms with Crippen LogP contribution in [0, 0.1) is 13.8 Å². The van der Waals surface area contributed by atoms with Gasteiger partial charge in [0.1, 0.15) is 23.2 Å². The molecule has 2 amide bonds. The summed E-state index contributed by atoms with van der Waals surface area (Å²) in [6.07, 6.45) is 0.914. The molecular formula is C32H36N2OP+. The molecule has 1 N–H and O–H groups in total. The highest BCUT2D eigenvalue weighted by Crippen LogP contribution is 2.58. The van der Waals surface area contributed by atoms with Gasteiger partial charge in [0.2, 0.25) is 0 Å². The van der Waals surface area contributed by atoms with E-state index in [1.54, 1.807) is 0 Å². The average Bonchev–Trinajstić information content (AvgIpc) is 2.91. The molecule has 0 aliphatic carbocycles. The third kappa shape index (κ3) is 5.22. The minimum Gasteiger partial charge on any atom is -0.325 e. The van der Waals surface area contributed by atoms with Crippen LogP contribution in [-0.2, 0) is 6.16 Å². The molecule has 0 fully saturated rings. The molecule has 0 saturated carbocycles. The summed E-state index contributed by atoms with van der Waals surface area (Å²) in [6, 6.07) is 37.4. The van der Waals surface area contributed by atoms with Crippen LogP contribution in [0.3, 0.4) is 0 Å². The van der Waals surface area contributed by atoms with Crippen molar-refractivity contribution < 1.29 is 4.79 Å². The van der Waals surface area contributed by atoms with Gasteiger partial charge in [-0.15, -0.1) is 0 Å². The van der Waals surface area contributed by atoms with E-state index >= 15 is 0 Å². The van der Waals surface area contributed by atoms with E-state index in [9.17, 15) is 4.79 Å². The first-order chi connectivity index (χ1) is 17.5. The van der Waals surface area contributed by atoms with Gasteiger partial charge in [0.15, 0.2) is 0 Å². The topological polar surface area (TPSA) is 32.3 Å². The van der Waals surface area contributed by atoms with E-state index in [1.165, 1.54) is 21.5 Å². The van der Waals surface area contributed by atoms with E-state index in [4.69, 9.17) is 0 Å². The predicted molar refractivity (Wildman–Crippen MR) is 157 cm³/mol. The molecule has 0 saturated heterocycles. The molecule has 4 aromatic rings. The van der Waals surface area contributed by atoms with Gasteiger partial charge in [-0.3, -0.25) is 0 Å². The minimum atomic E-state index is -1.98. The van der Waals surface area contributed by atoms with Crippen LogP contribution in [0.5, 0.6) is 0 Å². The number of hydrogen-bond donors (Lipinski definition) is 1. The van der Waals surface area contributed by atoms with Crippen LogP contribution in [0.15, 0.2) is 103 Å². The Balaban J connectivity index is 1.83. The van der Waals surface area contributed by atoms with Crippen LogP contribution in [0.4, 0.5) is 10.5 Å². The minimum absolute atomic E-state index is 0.0429. The maximum Gasteiger partial charge on any atom is 0.321 e. The van der Waals surface area contributed by atoms with Crippen molar-refractivity contribution in [1.29, 1.82) is 0 Å². The van der Waals surface area contributed by atoms with E-state index in [2.05, 4.69) is 122 Å². The Morgan fingerprint density at radius 2 is 1.08 bits per heavy atom. The van der Waals surface area contributed by atoms with Crippen molar-refractivity contribution >= 4 is 34.9 Å². The highest BCUT2D eigenvalue weighted by Gasteiger charge is 2.45. The quantitative estimate of drug-likeness (QED) is 0.272. The van der Waals surface area contributed by atoms with Crippen molar-refractivity contribution in [1.82, 2.24) is 4.90 Å².